The Morgan fingerprint density at radius 1 is 0.906 bits per heavy atom. The van der Waals surface area contributed by atoms with Crippen molar-refractivity contribution in [2.24, 2.45) is 0 Å². The van der Waals surface area contributed by atoms with E-state index >= 15 is 8.78 Å². The maximum absolute atomic E-state index is 15.2. The van der Waals surface area contributed by atoms with E-state index in [1.807, 2.05) is 15.9 Å². The molecule has 17 nitrogen and oxygen atoms in total. The minimum atomic E-state index is -0.721. The Labute approximate surface area is 370 Å². The van der Waals surface area contributed by atoms with E-state index in [0.717, 1.165) is 19.5 Å². The van der Waals surface area contributed by atoms with E-state index in [-0.39, 0.29) is 59.0 Å². The molecule has 4 saturated heterocycles. The van der Waals surface area contributed by atoms with Crippen molar-refractivity contribution in [3.05, 3.63) is 100 Å². The van der Waals surface area contributed by atoms with Gasteiger partial charge in [-0.3, -0.25) is 34.0 Å². The van der Waals surface area contributed by atoms with Crippen LogP contribution in [0.4, 0.5) is 26.1 Å². The van der Waals surface area contributed by atoms with Crippen LogP contribution in [0.25, 0.3) is 16.6 Å². The number of ether oxygens (including phenoxy) is 1. The molecule has 1 unspecified atom stereocenters. The number of imide groups is 1. The summed E-state index contributed by atoms with van der Waals surface area (Å²) >= 11 is 1.34. The zero-order chi connectivity index (χ0) is 44.3. The molecule has 4 aliphatic rings. The maximum Gasteiger partial charge on any atom is 0.266 e. The summed E-state index contributed by atoms with van der Waals surface area (Å²) in [5.41, 5.74) is 1.86. The van der Waals surface area contributed by atoms with Crippen LogP contribution in [0.2, 0.25) is 0 Å². The Morgan fingerprint density at radius 2 is 1.69 bits per heavy atom. The van der Waals surface area contributed by atoms with Crippen molar-refractivity contribution >= 4 is 58.1 Å². The van der Waals surface area contributed by atoms with Crippen molar-refractivity contribution in [1.82, 2.24) is 38.9 Å². The zero-order valence-electron chi connectivity index (χ0n) is 34.6. The Kier molecular flexibility index (Phi) is 12.4. The Hall–Kier alpha value is -6.69. The first-order valence-electron chi connectivity index (χ1n) is 21.2. The number of piperazine rings is 1. The molecule has 330 valence electrons. The molecule has 0 aliphatic carbocycles. The van der Waals surface area contributed by atoms with Crippen LogP contribution in [-0.2, 0) is 14.4 Å². The van der Waals surface area contributed by atoms with E-state index in [1.54, 1.807) is 24.3 Å². The molecular formula is C44H44F2N12O5S. The summed E-state index contributed by atoms with van der Waals surface area (Å²) in [5.74, 6) is -1.39. The minimum Gasteiger partial charge on any atom is -0.453 e. The molecule has 64 heavy (non-hydrogen) atoms. The molecule has 0 spiro atoms. The first-order valence-corrected chi connectivity index (χ1v) is 21.9. The van der Waals surface area contributed by atoms with Crippen LogP contribution in [0.3, 0.4) is 0 Å². The molecule has 5 aromatic rings. The van der Waals surface area contributed by atoms with E-state index in [0.29, 0.717) is 92.6 Å². The number of nitriles is 1. The van der Waals surface area contributed by atoms with Crippen molar-refractivity contribution < 1.29 is 27.9 Å². The fourth-order valence-corrected chi connectivity index (χ4v) is 9.08. The quantitative estimate of drug-likeness (QED) is 0.117. The van der Waals surface area contributed by atoms with Gasteiger partial charge in [-0.05, 0) is 92.7 Å². The van der Waals surface area contributed by atoms with Gasteiger partial charge in [-0.2, -0.15) is 5.26 Å². The van der Waals surface area contributed by atoms with Gasteiger partial charge < -0.3 is 24.6 Å². The molecule has 1 atom stereocenters. The number of amides is 3. The van der Waals surface area contributed by atoms with Crippen molar-refractivity contribution in [2.75, 3.05) is 73.8 Å². The number of halogens is 2. The van der Waals surface area contributed by atoms with Crippen molar-refractivity contribution in [3.8, 4) is 23.3 Å². The van der Waals surface area contributed by atoms with Gasteiger partial charge in [0.1, 0.15) is 35.6 Å². The number of benzene rings is 3. The number of carbonyl (C=O) groups excluding carboxylic acids is 3. The predicted octanol–water partition coefficient (Wildman–Crippen LogP) is 4.54. The largest absolute Gasteiger partial charge is 0.453 e. The molecule has 3 aromatic carbocycles. The molecule has 3 amide bonds. The van der Waals surface area contributed by atoms with Gasteiger partial charge in [0.2, 0.25) is 23.7 Å². The monoisotopic (exact) mass is 890 g/mol. The summed E-state index contributed by atoms with van der Waals surface area (Å²) in [4.78, 5) is 70.1. The lowest BCUT2D eigenvalue weighted by Crippen LogP contribution is -2.52. The van der Waals surface area contributed by atoms with Gasteiger partial charge in [0.25, 0.3) is 5.56 Å². The molecule has 4 fully saturated rings. The number of nitrogens with one attached hydrogen (secondary N) is 3. The van der Waals surface area contributed by atoms with Crippen molar-refractivity contribution in [2.45, 2.75) is 44.1 Å². The standard InChI is InChI=1S/C44H44F2N12O5S/c45-34-5-7-37(53-64-57-12-1-13-57)33(22-47)41(34)63-30-3-6-36-32(21-30)43(62)58(26-50-36)29-23-48-44(49-24-29)56-18-16-55(17-19-56)40(60)25-54-14-10-27(11-15-54)31-4-2-28(20-35(31)46)51-38-8-9-39(59)52-42(38)61/h2-7,20-21,23-24,26-27,38,51,53H,1,8-19,25H2,(H,52,59,61). The van der Waals surface area contributed by atoms with Gasteiger partial charge in [-0.25, -0.2) is 28.0 Å². The molecule has 0 radical (unpaired) electrons. The Morgan fingerprint density at radius 3 is 2.39 bits per heavy atom. The molecule has 2 aromatic heterocycles. The third-order valence-corrected chi connectivity index (χ3v) is 13.0. The topological polar surface area (TPSA) is 194 Å². The van der Waals surface area contributed by atoms with Crippen molar-refractivity contribution in [1.29, 1.82) is 5.26 Å². The third kappa shape index (κ3) is 9.18. The second-order valence-electron chi connectivity index (χ2n) is 16.1. The van der Waals surface area contributed by atoms with Crippen molar-refractivity contribution in [3.63, 3.8) is 0 Å². The Balaban J connectivity index is 0.769. The summed E-state index contributed by atoms with van der Waals surface area (Å²) < 4.78 is 42.7. The van der Waals surface area contributed by atoms with Crippen LogP contribution in [0, 0.1) is 23.0 Å². The van der Waals surface area contributed by atoms with Gasteiger partial charge in [0.15, 0.2) is 11.6 Å². The van der Waals surface area contributed by atoms with E-state index in [9.17, 15) is 24.4 Å². The number of aromatic nitrogens is 4. The van der Waals surface area contributed by atoms with Crippen LogP contribution in [0.15, 0.2) is 72.0 Å². The van der Waals surface area contributed by atoms with Crippen LogP contribution < -0.4 is 30.6 Å². The van der Waals surface area contributed by atoms with Gasteiger partial charge in [0, 0.05) is 63.5 Å². The van der Waals surface area contributed by atoms with Crippen LogP contribution in [-0.4, -0.2) is 116 Å². The zero-order valence-corrected chi connectivity index (χ0v) is 35.5. The van der Waals surface area contributed by atoms with E-state index in [2.05, 4.69) is 39.5 Å². The SMILES string of the molecule is N#Cc1c(NSN2CCC2)ccc(F)c1Oc1ccc2ncn(-c3cnc(N4CCN(C(=O)CN5CCC(c6ccc(NC7CCC(=O)NC7=O)cc6F)CC5)CC4)nc3)c(=O)c2c1. The van der Waals surface area contributed by atoms with E-state index < -0.39 is 23.3 Å². The number of hydrogen-bond donors (Lipinski definition) is 3. The number of nitrogens with zero attached hydrogens (tertiary/aromatic N) is 9. The highest BCUT2D eigenvalue weighted by Gasteiger charge is 2.30. The minimum absolute atomic E-state index is 0.00122. The molecule has 3 N–H and O–H groups in total. The highest BCUT2D eigenvalue weighted by Crippen LogP contribution is 2.36. The first-order chi connectivity index (χ1) is 31.1. The lowest BCUT2D eigenvalue weighted by molar-refractivity contribution is -0.134. The van der Waals surface area contributed by atoms with Gasteiger partial charge in [-0.1, -0.05) is 6.07 Å². The summed E-state index contributed by atoms with van der Waals surface area (Å²) in [6.07, 6.45) is 7.54. The van der Waals surface area contributed by atoms with Gasteiger partial charge in [0.05, 0.1) is 41.2 Å². The van der Waals surface area contributed by atoms with Gasteiger partial charge in [-0.15, -0.1) is 0 Å². The molecule has 0 bridgehead atoms. The van der Waals surface area contributed by atoms with E-state index in [1.165, 1.54) is 59.7 Å². The smallest absolute Gasteiger partial charge is 0.266 e. The third-order valence-electron chi connectivity index (χ3n) is 12.1. The summed E-state index contributed by atoms with van der Waals surface area (Å²) in [6, 6.07) is 13.7. The fourth-order valence-electron chi connectivity index (χ4n) is 8.24. The highest BCUT2D eigenvalue weighted by atomic mass is 32.2. The molecule has 6 heterocycles. The Bertz CT molecular complexity index is 2700. The lowest BCUT2D eigenvalue weighted by atomic mass is 9.89. The van der Waals surface area contributed by atoms with Crippen LogP contribution in [0.1, 0.15) is 49.1 Å². The van der Waals surface area contributed by atoms with Crippen LogP contribution >= 0.6 is 12.1 Å². The second-order valence-corrected chi connectivity index (χ2v) is 17.0. The summed E-state index contributed by atoms with van der Waals surface area (Å²) in [6.45, 7) is 5.43. The number of fused-ring (bicyclic) bond motifs is 1. The highest BCUT2D eigenvalue weighted by molar-refractivity contribution is 7.98. The van der Waals surface area contributed by atoms with Crippen LogP contribution in [0.5, 0.6) is 11.5 Å². The molecule has 4 aliphatic heterocycles. The molecule has 20 heteroatoms. The number of rotatable bonds is 12. The molecular weight excluding hydrogens is 847 g/mol. The first kappa shape index (κ1) is 42.6. The fraction of sp³-hybridized carbons (Fsp3) is 0.364. The number of carbonyl (C=O) groups is 3. The summed E-state index contributed by atoms with van der Waals surface area (Å²) in [7, 11) is 0. The normalized spacial score (nSPS) is 18.6. The molecule has 9 rings (SSSR count). The average molecular weight is 891 g/mol. The van der Waals surface area contributed by atoms with Gasteiger partial charge >= 0.3 is 0 Å². The predicted molar refractivity (Wildman–Crippen MR) is 235 cm³/mol. The summed E-state index contributed by atoms with van der Waals surface area (Å²) in [5, 5.41) is 15.5. The number of piperidine rings is 2. The maximum atomic E-state index is 15.2. The average Bonchev–Trinajstić information content (AvgIpc) is 3.29. The molecule has 0 saturated carbocycles. The number of hydrogen-bond acceptors (Lipinski definition) is 15. The number of likely N-dealkylation sites (tertiary alicyclic amines) is 1. The number of anilines is 3. The second kappa shape index (κ2) is 18.6. The van der Waals surface area contributed by atoms with E-state index in [4.69, 9.17) is 4.74 Å². The lowest BCUT2D eigenvalue weighted by Gasteiger charge is -2.37.